The monoisotopic (exact) mass is 348 g/mol. The molecule has 0 aliphatic carbocycles. The third kappa shape index (κ3) is 4.93. The molecule has 0 spiro atoms. The number of nitrogens with one attached hydrogen (secondary N) is 3. The van der Waals surface area contributed by atoms with Crippen LogP contribution in [0.5, 0.6) is 0 Å². The fraction of sp³-hybridized carbons (Fsp3) is 0.471. The number of hydrogen-bond acceptors (Lipinski definition) is 4. The van der Waals surface area contributed by atoms with Gasteiger partial charge in [-0.15, -0.1) is 0 Å². The minimum atomic E-state index is -0.749. The maximum absolute atomic E-state index is 12.6. The first-order chi connectivity index (χ1) is 11.9. The topological polar surface area (TPSA) is 111 Å². The number of carbonyl (C=O) groups excluding carboxylic acids is 3. The van der Waals surface area contributed by atoms with Crippen LogP contribution in [-0.4, -0.2) is 46.6 Å². The number of likely N-dealkylation sites (tertiary alicyclic amines) is 1. The molecule has 25 heavy (non-hydrogen) atoms. The Balaban J connectivity index is 1.97. The van der Waals surface area contributed by atoms with Crippen LogP contribution in [0.1, 0.15) is 26.7 Å². The van der Waals surface area contributed by atoms with Gasteiger partial charge in [0.2, 0.25) is 5.91 Å². The highest BCUT2D eigenvalue weighted by Gasteiger charge is 2.39. The lowest BCUT2D eigenvalue weighted by Gasteiger charge is -2.27. The van der Waals surface area contributed by atoms with Crippen molar-refractivity contribution in [3.05, 3.63) is 30.3 Å². The first-order valence-corrected chi connectivity index (χ1v) is 8.29. The number of hydrogen-bond donors (Lipinski definition) is 4. The minimum absolute atomic E-state index is 0.170. The summed E-state index contributed by atoms with van der Waals surface area (Å²) < 4.78 is 0. The Morgan fingerprint density at radius 2 is 1.96 bits per heavy atom. The van der Waals surface area contributed by atoms with E-state index in [1.54, 1.807) is 29.7 Å². The van der Waals surface area contributed by atoms with Crippen molar-refractivity contribution in [3.8, 4) is 0 Å². The molecule has 4 N–H and O–H groups in total. The summed E-state index contributed by atoms with van der Waals surface area (Å²) in [5, 5.41) is 14.2. The number of carbonyl (C=O) groups is 3. The molecule has 0 bridgehead atoms. The van der Waals surface area contributed by atoms with E-state index < -0.39 is 24.0 Å². The van der Waals surface area contributed by atoms with Gasteiger partial charge in [-0.05, 0) is 30.9 Å². The van der Waals surface area contributed by atoms with Crippen molar-refractivity contribution in [1.29, 1.82) is 0 Å². The van der Waals surface area contributed by atoms with Gasteiger partial charge in [0.25, 0.3) is 5.91 Å². The fourth-order valence-electron chi connectivity index (χ4n) is 2.89. The van der Waals surface area contributed by atoms with Gasteiger partial charge in [0.05, 0.1) is 0 Å². The zero-order chi connectivity index (χ0) is 18.4. The van der Waals surface area contributed by atoms with Crippen LogP contribution >= 0.6 is 0 Å². The van der Waals surface area contributed by atoms with Crippen molar-refractivity contribution in [3.63, 3.8) is 0 Å². The lowest BCUT2D eigenvalue weighted by atomic mass is 10.0. The van der Waals surface area contributed by atoms with Gasteiger partial charge in [-0.25, -0.2) is 10.3 Å². The maximum Gasteiger partial charge on any atom is 0.319 e. The zero-order valence-corrected chi connectivity index (χ0v) is 14.4. The normalized spacial score (nSPS) is 18.2. The quantitative estimate of drug-likeness (QED) is 0.459. The summed E-state index contributed by atoms with van der Waals surface area (Å²) in [6.45, 7) is 4.21. The van der Waals surface area contributed by atoms with Gasteiger partial charge in [0, 0.05) is 12.2 Å². The van der Waals surface area contributed by atoms with Crippen molar-refractivity contribution >= 4 is 23.5 Å². The van der Waals surface area contributed by atoms with E-state index in [0.29, 0.717) is 25.1 Å². The van der Waals surface area contributed by atoms with Crippen LogP contribution < -0.4 is 16.1 Å². The van der Waals surface area contributed by atoms with E-state index in [0.717, 1.165) is 0 Å². The Morgan fingerprint density at radius 3 is 2.56 bits per heavy atom. The number of nitrogens with zero attached hydrogens (tertiary/aromatic N) is 1. The molecule has 2 rings (SSSR count). The molecule has 1 aliphatic rings. The SMILES string of the molecule is CC(C)CC(C(=O)NO)N1CCC(NC(=O)Nc2ccccc2)C1=O. The second-order valence-electron chi connectivity index (χ2n) is 6.46. The van der Waals surface area contributed by atoms with Gasteiger partial charge < -0.3 is 15.5 Å². The van der Waals surface area contributed by atoms with Crippen LogP contribution in [0.3, 0.4) is 0 Å². The number of rotatable bonds is 6. The summed E-state index contributed by atoms with van der Waals surface area (Å²) >= 11 is 0. The number of hydroxylamine groups is 1. The first-order valence-electron chi connectivity index (χ1n) is 8.29. The van der Waals surface area contributed by atoms with Crippen molar-refractivity contribution in [2.45, 2.75) is 38.8 Å². The summed E-state index contributed by atoms with van der Waals surface area (Å²) in [6, 6.07) is 7.00. The van der Waals surface area contributed by atoms with Crippen LogP contribution in [0.2, 0.25) is 0 Å². The molecule has 0 aromatic heterocycles. The van der Waals surface area contributed by atoms with Crippen LogP contribution in [0, 0.1) is 5.92 Å². The van der Waals surface area contributed by atoms with Crippen molar-refractivity contribution in [2.75, 3.05) is 11.9 Å². The standard InChI is InChI=1S/C17H24N4O4/c1-11(2)10-14(15(22)20-25)21-9-8-13(16(21)23)19-17(24)18-12-6-4-3-5-7-12/h3-7,11,13-14,25H,8-10H2,1-2H3,(H,20,22)(H2,18,19,24). The third-order valence-electron chi connectivity index (χ3n) is 4.06. The number of urea groups is 1. The highest BCUT2D eigenvalue weighted by Crippen LogP contribution is 2.20. The second-order valence-corrected chi connectivity index (χ2v) is 6.46. The van der Waals surface area contributed by atoms with Crippen LogP contribution in [0.15, 0.2) is 30.3 Å². The van der Waals surface area contributed by atoms with Crippen LogP contribution in [0.4, 0.5) is 10.5 Å². The van der Waals surface area contributed by atoms with E-state index >= 15 is 0 Å². The van der Waals surface area contributed by atoms with Gasteiger partial charge in [0.15, 0.2) is 0 Å². The fourth-order valence-corrected chi connectivity index (χ4v) is 2.89. The van der Waals surface area contributed by atoms with E-state index in [9.17, 15) is 14.4 Å². The lowest BCUT2D eigenvalue weighted by molar-refractivity contribution is -0.143. The summed E-state index contributed by atoms with van der Waals surface area (Å²) in [6.07, 6.45) is 0.843. The van der Waals surface area contributed by atoms with Gasteiger partial charge in [0.1, 0.15) is 12.1 Å². The summed E-state index contributed by atoms with van der Waals surface area (Å²) in [5.74, 6) is -0.766. The second kappa shape index (κ2) is 8.48. The molecular formula is C17H24N4O4. The molecule has 8 nitrogen and oxygen atoms in total. The number of anilines is 1. The van der Waals surface area contributed by atoms with Gasteiger partial charge in [-0.2, -0.15) is 0 Å². The Hall–Kier alpha value is -2.61. The molecule has 8 heteroatoms. The molecule has 1 saturated heterocycles. The first kappa shape index (κ1) is 18.7. The Bertz CT molecular complexity index is 620. The van der Waals surface area contributed by atoms with Gasteiger partial charge in [-0.3, -0.25) is 14.8 Å². The van der Waals surface area contributed by atoms with E-state index in [-0.39, 0.29) is 11.8 Å². The molecule has 1 aliphatic heterocycles. The zero-order valence-electron chi connectivity index (χ0n) is 14.4. The lowest BCUT2D eigenvalue weighted by Crippen LogP contribution is -2.50. The Kier molecular flexibility index (Phi) is 6.35. The minimum Gasteiger partial charge on any atom is -0.329 e. The molecule has 2 unspecified atom stereocenters. The van der Waals surface area contributed by atoms with E-state index in [4.69, 9.17) is 5.21 Å². The van der Waals surface area contributed by atoms with Crippen molar-refractivity contribution in [1.82, 2.24) is 15.7 Å². The largest absolute Gasteiger partial charge is 0.329 e. The molecule has 1 aromatic carbocycles. The highest BCUT2D eigenvalue weighted by atomic mass is 16.5. The molecule has 0 saturated carbocycles. The van der Waals surface area contributed by atoms with Crippen LogP contribution in [-0.2, 0) is 9.59 Å². The predicted octanol–water partition coefficient (Wildman–Crippen LogP) is 1.33. The van der Waals surface area contributed by atoms with Gasteiger partial charge >= 0.3 is 6.03 Å². The maximum atomic E-state index is 12.6. The molecule has 136 valence electrons. The molecule has 1 heterocycles. The summed E-state index contributed by atoms with van der Waals surface area (Å²) in [4.78, 5) is 37.9. The third-order valence-corrected chi connectivity index (χ3v) is 4.06. The molecule has 2 atom stereocenters. The molecule has 1 fully saturated rings. The summed E-state index contributed by atoms with van der Waals surface area (Å²) in [7, 11) is 0. The average Bonchev–Trinajstić information content (AvgIpc) is 2.93. The summed E-state index contributed by atoms with van der Waals surface area (Å²) in [5.41, 5.74) is 2.25. The average molecular weight is 348 g/mol. The smallest absolute Gasteiger partial charge is 0.319 e. The molecular weight excluding hydrogens is 324 g/mol. The number of para-hydroxylation sites is 1. The number of amides is 4. The van der Waals surface area contributed by atoms with Crippen LogP contribution in [0.25, 0.3) is 0 Å². The van der Waals surface area contributed by atoms with Gasteiger partial charge in [-0.1, -0.05) is 32.0 Å². The van der Waals surface area contributed by atoms with Crippen molar-refractivity contribution in [2.24, 2.45) is 5.92 Å². The molecule has 0 radical (unpaired) electrons. The Morgan fingerprint density at radius 1 is 1.28 bits per heavy atom. The van der Waals surface area contributed by atoms with E-state index in [1.807, 2.05) is 19.9 Å². The van der Waals surface area contributed by atoms with E-state index in [1.165, 1.54) is 4.90 Å². The highest BCUT2D eigenvalue weighted by molar-refractivity contribution is 5.96. The molecule has 4 amide bonds. The molecule has 1 aromatic rings. The van der Waals surface area contributed by atoms with Crippen molar-refractivity contribution < 1.29 is 19.6 Å². The van der Waals surface area contributed by atoms with E-state index in [2.05, 4.69) is 10.6 Å². The predicted molar refractivity (Wildman–Crippen MR) is 91.9 cm³/mol. The number of benzene rings is 1. The Labute approximate surface area is 146 Å².